The zero-order valence-corrected chi connectivity index (χ0v) is 35.5. The molecule has 0 nitrogen and oxygen atoms in total. The lowest BCUT2D eigenvalue weighted by molar-refractivity contribution is 0.660. The molecule has 0 saturated heterocycles. The lowest BCUT2D eigenvalue weighted by Gasteiger charge is -2.23. The topological polar surface area (TPSA) is 0 Å². The molecule has 0 heterocycles. The van der Waals surface area contributed by atoms with E-state index in [0.29, 0.717) is 0 Å². The van der Waals surface area contributed by atoms with E-state index in [0.717, 1.165) is 0 Å². The Morgan fingerprint density at radius 2 is 0.742 bits per heavy atom. The maximum absolute atomic E-state index is 2.50. The number of benzene rings is 11. The summed E-state index contributed by atoms with van der Waals surface area (Å²) in [6, 6.07) is 73.8. The molecule has 0 radical (unpaired) electrons. The molecular weight excluding hydrogens is 745 g/mol. The van der Waals surface area contributed by atoms with Crippen molar-refractivity contribution in [1.29, 1.82) is 0 Å². The van der Waals surface area contributed by atoms with Crippen LogP contribution in [0.25, 0.3) is 109 Å². The van der Waals surface area contributed by atoms with E-state index in [1.165, 1.54) is 132 Å². The molecule has 292 valence electrons. The van der Waals surface area contributed by atoms with Crippen molar-refractivity contribution in [3.63, 3.8) is 0 Å². The molecule has 0 unspecified atom stereocenters. The summed E-state index contributed by atoms with van der Waals surface area (Å²) >= 11 is 0. The normalized spacial score (nSPS) is 14.4. The summed E-state index contributed by atoms with van der Waals surface area (Å²) < 4.78 is 0. The molecule has 0 amide bonds. The monoisotopic (exact) mass is 788 g/mol. The summed E-state index contributed by atoms with van der Waals surface area (Å²) in [5.41, 5.74) is 18.4. The number of hydrogen-bond acceptors (Lipinski definition) is 0. The highest BCUT2D eigenvalue weighted by Gasteiger charge is 2.37. The zero-order valence-electron chi connectivity index (χ0n) is 35.5. The standard InChI is InChI=1S/C62H44/c1-61(2)56-24-14-12-20-46(56)52-34-40(28-32-57(52)61)59-48-21-9-10-22-49(48)60(54-36-51-41-16-6-5-15-37(41)25-29-44(51)42-17-7-8-18-43(42)54)50-31-27-38(33-53(50)59)39-26-30-47-45-19-11-13-23-55(45)62(3,4)58(47)35-39/h5-36H,1-4H3. The Labute approximate surface area is 362 Å². The van der Waals surface area contributed by atoms with Gasteiger partial charge in [0.1, 0.15) is 0 Å². The highest BCUT2D eigenvalue weighted by atomic mass is 14.4. The van der Waals surface area contributed by atoms with Gasteiger partial charge in [-0.2, -0.15) is 0 Å². The van der Waals surface area contributed by atoms with Gasteiger partial charge in [-0.15, -0.1) is 0 Å². The predicted octanol–water partition coefficient (Wildman–Crippen LogP) is 17.1. The van der Waals surface area contributed by atoms with Gasteiger partial charge >= 0.3 is 0 Å². The van der Waals surface area contributed by atoms with Gasteiger partial charge in [-0.05, 0) is 156 Å². The number of rotatable bonds is 3. The second kappa shape index (κ2) is 12.6. The first-order valence-electron chi connectivity index (χ1n) is 22.1. The Morgan fingerprint density at radius 3 is 1.52 bits per heavy atom. The van der Waals surface area contributed by atoms with E-state index < -0.39 is 0 Å². The Balaban J connectivity index is 1.14. The lowest BCUT2D eigenvalue weighted by atomic mass is 9.80. The largest absolute Gasteiger partial charge is 0.0619 e. The van der Waals surface area contributed by atoms with E-state index in [1.807, 2.05) is 0 Å². The minimum atomic E-state index is -0.0802. The molecule has 0 saturated carbocycles. The lowest BCUT2D eigenvalue weighted by Crippen LogP contribution is -2.14. The minimum absolute atomic E-state index is 0.0616. The van der Waals surface area contributed by atoms with Crippen LogP contribution in [0.1, 0.15) is 49.9 Å². The highest BCUT2D eigenvalue weighted by molar-refractivity contribution is 6.28. The second-order valence-corrected chi connectivity index (χ2v) is 18.8. The summed E-state index contributed by atoms with van der Waals surface area (Å²) in [6.07, 6.45) is 0. The molecule has 2 aliphatic rings. The van der Waals surface area contributed by atoms with Crippen molar-refractivity contribution in [2.24, 2.45) is 0 Å². The third-order valence-electron chi connectivity index (χ3n) is 14.8. The number of hydrogen-bond donors (Lipinski definition) is 0. The number of fused-ring (bicyclic) bond motifs is 13. The molecule has 0 bridgehead atoms. The summed E-state index contributed by atoms with van der Waals surface area (Å²) in [5.74, 6) is 0. The molecule has 0 N–H and O–H groups in total. The van der Waals surface area contributed by atoms with Crippen LogP contribution in [0.4, 0.5) is 0 Å². The minimum Gasteiger partial charge on any atom is -0.0619 e. The molecular formula is C62H44. The molecule has 11 aromatic rings. The van der Waals surface area contributed by atoms with Gasteiger partial charge in [-0.3, -0.25) is 0 Å². The Kier molecular flexibility index (Phi) is 7.23. The van der Waals surface area contributed by atoms with Crippen LogP contribution in [0.2, 0.25) is 0 Å². The van der Waals surface area contributed by atoms with Crippen LogP contribution in [-0.4, -0.2) is 0 Å². The first kappa shape index (κ1) is 35.5. The smallest absolute Gasteiger partial charge is 0.0159 e. The molecule has 0 aromatic heterocycles. The maximum atomic E-state index is 2.50. The van der Waals surface area contributed by atoms with Crippen LogP contribution in [-0.2, 0) is 10.8 Å². The molecule has 11 aromatic carbocycles. The van der Waals surface area contributed by atoms with E-state index >= 15 is 0 Å². The van der Waals surface area contributed by atoms with Gasteiger partial charge in [-0.25, -0.2) is 0 Å². The van der Waals surface area contributed by atoms with Gasteiger partial charge in [-0.1, -0.05) is 198 Å². The van der Waals surface area contributed by atoms with Crippen molar-refractivity contribution < 1.29 is 0 Å². The SMILES string of the molecule is CC1(C)c2ccccc2-c2cc(-c3c4ccccc4c(-c4cc5c6ccccc6ccc5c5ccccc45)c4ccc(-c5ccc6c(c5)C(C)(C)c5ccccc5-6)cc34)ccc21. The van der Waals surface area contributed by atoms with Crippen LogP contribution in [0.3, 0.4) is 0 Å². The van der Waals surface area contributed by atoms with E-state index in [1.54, 1.807) is 0 Å². The van der Waals surface area contributed by atoms with Crippen molar-refractivity contribution in [3.05, 3.63) is 216 Å². The van der Waals surface area contributed by atoms with Gasteiger partial charge < -0.3 is 0 Å². The first-order chi connectivity index (χ1) is 30.3. The van der Waals surface area contributed by atoms with E-state index in [2.05, 4.69) is 222 Å². The van der Waals surface area contributed by atoms with Gasteiger partial charge in [0, 0.05) is 10.8 Å². The fourth-order valence-electron chi connectivity index (χ4n) is 11.8. The van der Waals surface area contributed by atoms with E-state index in [-0.39, 0.29) is 10.8 Å². The Morgan fingerprint density at radius 1 is 0.242 bits per heavy atom. The Bertz CT molecular complexity index is 3740. The quantitative estimate of drug-likeness (QED) is 0.124. The van der Waals surface area contributed by atoms with Gasteiger partial charge in [0.2, 0.25) is 0 Å². The maximum Gasteiger partial charge on any atom is 0.0159 e. The second-order valence-electron chi connectivity index (χ2n) is 18.8. The van der Waals surface area contributed by atoms with E-state index in [9.17, 15) is 0 Å². The average Bonchev–Trinajstić information content (AvgIpc) is 3.69. The fraction of sp³-hybridized carbons (Fsp3) is 0.0968. The van der Waals surface area contributed by atoms with Crippen molar-refractivity contribution >= 4 is 53.9 Å². The third kappa shape index (κ3) is 4.78. The van der Waals surface area contributed by atoms with Crippen LogP contribution in [0.15, 0.2) is 194 Å². The average molecular weight is 789 g/mol. The molecule has 0 spiro atoms. The van der Waals surface area contributed by atoms with Crippen LogP contribution in [0.5, 0.6) is 0 Å². The summed E-state index contributed by atoms with van der Waals surface area (Å²) in [7, 11) is 0. The van der Waals surface area contributed by atoms with Crippen LogP contribution < -0.4 is 0 Å². The van der Waals surface area contributed by atoms with Crippen molar-refractivity contribution in [3.8, 4) is 55.6 Å². The predicted molar refractivity (Wildman–Crippen MR) is 265 cm³/mol. The van der Waals surface area contributed by atoms with Crippen molar-refractivity contribution in [2.45, 2.75) is 38.5 Å². The molecule has 13 rings (SSSR count). The van der Waals surface area contributed by atoms with Gasteiger partial charge in [0.25, 0.3) is 0 Å². The first-order valence-corrected chi connectivity index (χ1v) is 22.1. The third-order valence-corrected chi connectivity index (χ3v) is 14.8. The fourth-order valence-corrected chi connectivity index (χ4v) is 11.8. The van der Waals surface area contributed by atoms with Crippen LogP contribution >= 0.6 is 0 Å². The molecule has 0 atom stereocenters. The molecule has 62 heavy (non-hydrogen) atoms. The van der Waals surface area contributed by atoms with E-state index in [4.69, 9.17) is 0 Å². The Hall–Kier alpha value is -7.28. The van der Waals surface area contributed by atoms with Gasteiger partial charge in [0.05, 0.1) is 0 Å². The molecule has 0 heteroatoms. The van der Waals surface area contributed by atoms with Crippen molar-refractivity contribution in [2.75, 3.05) is 0 Å². The molecule has 0 aliphatic heterocycles. The van der Waals surface area contributed by atoms with Gasteiger partial charge in [0.15, 0.2) is 0 Å². The summed E-state index contributed by atoms with van der Waals surface area (Å²) in [4.78, 5) is 0. The highest BCUT2D eigenvalue weighted by Crippen LogP contribution is 2.53. The van der Waals surface area contributed by atoms with Crippen molar-refractivity contribution in [1.82, 2.24) is 0 Å². The summed E-state index contributed by atoms with van der Waals surface area (Å²) in [5, 5.41) is 12.8. The van der Waals surface area contributed by atoms with Crippen LogP contribution in [0, 0.1) is 0 Å². The summed E-state index contributed by atoms with van der Waals surface area (Å²) in [6.45, 7) is 9.50. The molecule has 0 fully saturated rings. The molecule has 2 aliphatic carbocycles. The zero-order chi connectivity index (χ0) is 41.5.